The SMILES string of the molecule is CC(C)=CCNCC1(O)CCCC1. The molecule has 2 N–H and O–H groups in total. The van der Waals surface area contributed by atoms with Gasteiger partial charge in [-0.15, -0.1) is 0 Å². The standard InChI is InChI=1S/C11H21NO/c1-10(2)5-8-12-9-11(13)6-3-4-7-11/h5,12-13H,3-4,6-9H2,1-2H3. The van der Waals surface area contributed by atoms with Crippen LogP contribution in [-0.4, -0.2) is 23.8 Å². The van der Waals surface area contributed by atoms with Crippen LogP contribution in [0.5, 0.6) is 0 Å². The summed E-state index contributed by atoms with van der Waals surface area (Å²) < 4.78 is 0. The molecule has 0 aromatic heterocycles. The first kappa shape index (κ1) is 10.7. The van der Waals surface area contributed by atoms with E-state index >= 15 is 0 Å². The number of hydrogen-bond acceptors (Lipinski definition) is 2. The van der Waals surface area contributed by atoms with E-state index < -0.39 is 5.60 Å². The molecule has 1 fully saturated rings. The van der Waals surface area contributed by atoms with Gasteiger partial charge in [0.2, 0.25) is 0 Å². The summed E-state index contributed by atoms with van der Waals surface area (Å²) in [6, 6.07) is 0. The maximum absolute atomic E-state index is 9.97. The van der Waals surface area contributed by atoms with Crippen molar-refractivity contribution in [1.82, 2.24) is 5.32 Å². The monoisotopic (exact) mass is 183 g/mol. The van der Waals surface area contributed by atoms with Crippen LogP contribution < -0.4 is 5.32 Å². The highest BCUT2D eigenvalue weighted by Crippen LogP contribution is 2.28. The Morgan fingerprint density at radius 3 is 2.54 bits per heavy atom. The molecule has 0 aromatic rings. The molecule has 0 radical (unpaired) electrons. The lowest BCUT2D eigenvalue weighted by molar-refractivity contribution is 0.0488. The first-order valence-electron chi connectivity index (χ1n) is 5.19. The Morgan fingerprint density at radius 1 is 1.38 bits per heavy atom. The molecule has 0 atom stereocenters. The minimum Gasteiger partial charge on any atom is -0.389 e. The third-order valence-electron chi connectivity index (χ3n) is 2.64. The summed E-state index contributed by atoms with van der Waals surface area (Å²) in [5, 5.41) is 13.2. The molecule has 0 bridgehead atoms. The summed E-state index contributed by atoms with van der Waals surface area (Å²) in [5.41, 5.74) is 0.918. The predicted octanol–water partition coefficient (Wildman–Crippen LogP) is 1.85. The van der Waals surface area contributed by atoms with Gasteiger partial charge in [0.1, 0.15) is 0 Å². The third-order valence-corrected chi connectivity index (χ3v) is 2.64. The van der Waals surface area contributed by atoms with Gasteiger partial charge in [-0.3, -0.25) is 0 Å². The van der Waals surface area contributed by atoms with Crippen molar-refractivity contribution in [1.29, 1.82) is 0 Å². The molecular weight excluding hydrogens is 162 g/mol. The first-order valence-corrected chi connectivity index (χ1v) is 5.19. The zero-order valence-corrected chi connectivity index (χ0v) is 8.77. The van der Waals surface area contributed by atoms with E-state index in [1.807, 2.05) is 0 Å². The fourth-order valence-corrected chi connectivity index (χ4v) is 1.79. The van der Waals surface area contributed by atoms with Crippen LogP contribution in [0, 0.1) is 0 Å². The van der Waals surface area contributed by atoms with E-state index in [1.54, 1.807) is 0 Å². The lowest BCUT2D eigenvalue weighted by Gasteiger charge is -2.21. The Bertz CT molecular complexity index is 177. The van der Waals surface area contributed by atoms with Gasteiger partial charge < -0.3 is 10.4 Å². The first-order chi connectivity index (χ1) is 6.12. The van der Waals surface area contributed by atoms with E-state index in [-0.39, 0.29) is 0 Å². The maximum Gasteiger partial charge on any atom is 0.0771 e. The van der Waals surface area contributed by atoms with Crippen molar-refractivity contribution in [3.63, 3.8) is 0 Å². The molecule has 0 spiro atoms. The second-order valence-electron chi connectivity index (χ2n) is 4.34. The Morgan fingerprint density at radius 2 is 2.00 bits per heavy atom. The molecule has 76 valence electrons. The van der Waals surface area contributed by atoms with Crippen LogP contribution in [0.1, 0.15) is 39.5 Å². The normalized spacial score (nSPS) is 20.2. The highest BCUT2D eigenvalue weighted by Gasteiger charge is 2.29. The molecule has 0 aromatic carbocycles. The molecular formula is C11H21NO. The van der Waals surface area contributed by atoms with Gasteiger partial charge in [-0.05, 0) is 26.7 Å². The molecule has 1 rings (SSSR count). The second-order valence-corrected chi connectivity index (χ2v) is 4.34. The Kier molecular flexibility index (Phi) is 3.94. The summed E-state index contributed by atoms with van der Waals surface area (Å²) in [6.07, 6.45) is 6.45. The number of hydrogen-bond donors (Lipinski definition) is 2. The molecule has 13 heavy (non-hydrogen) atoms. The van der Waals surface area contributed by atoms with E-state index in [4.69, 9.17) is 0 Å². The van der Waals surface area contributed by atoms with E-state index in [0.717, 1.165) is 25.9 Å². The van der Waals surface area contributed by atoms with E-state index in [1.165, 1.54) is 18.4 Å². The smallest absolute Gasteiger partial charge is 0.0771 e. The molecule has 0 unspecified atom stereocenters. The van der Waals surface area contributed by atoms with Gasteiger partial charge in [-0.2, -0.15) is 0 Å². The molecule has 0 saturated heterocycles. The van der Waals surface area contributed by atoms with E-state index in [9.17, 15) is 5.11 Å². The van der Waals surface area contributed by atoms with E-state index in [0.29, 0.717) is 0 Å². The van der Waals surface area contributed by atoms with Crippen molar-refractivity contribution in [2.24, 2.45) is 0 Å². The molecule has 2 heteroatoms. The van der Waals surface area contributed by atoms with Crippen molar-refractivity contribution < 1.29 is 5.11 Å². The summed E-state index contributed by atoms with van der Waals surface area (Å²) in [7, 11) is 0. The summed E-state index contributed by atoms with van der Waals surface area (Å²) in [6.45, 7) is 5.80. The van der Waals surface area contributed by atoms with Gasteiger partial charge in [0.15, 0.2) is 0 Å². The molecule has 0 heterocycles. The van der Waals surface area contributed by atoms with Crippen molar-refractivity contribution in [3.05, 3.63) is 11.6 Å². The van der Waals surface area contributed by atoms with Crippen LogP contribution in [0.25, 0.3) is 0 Å². The minimum atomic E-state index is -0.407. The molecule has 0 aliphatic heterocycles. The number of allylic oxidation sites excluding steroid dienone is 1. The van der Waals surface area contributed by atoms with Gasteiger partial charge in [-0.25, -0.2) is 0 Å². The van der Waals surface area contributed by atoms with Gasteiger partial charge in [0.05, 0.1) is 5.60 Å². The Balaban J connectivity index is 2.15. The average Bonchev–Trinajstić information content (AvgIpc) is 2.47. The van der Waals surface area contributed by atoms with E-state index in [2.05, 4.69) is 25.2 Å². The Labute approximate surface area is 81.0 Å². The third kappa shape index (κ3) is 3.92. The van der Waals surface area contributed by atoms with Crippen LogP contribution in [-0.2, 0) is 0 Å². The van der Waals surface area contributed by atoms with Gasteiger partial charge >= 0.3 is 0 Å². The lowest BCUT2D eigenvalue weighted by atomic mass is 10.0. The number of rotatable bonds is 4. The topological polar surface area (TPSA) is 32.3 Å². The largest absolute Gasteiger partial charge is 0.389 e. The van der Waals surface area contributed by atoms with Crippen molar-refractivity contribution in [2.75, 3.05) is 13.1 Å². The van der Waals surface area contributed by atoms with Crippen LogP contribution in [0.2, 0.25) is 0 Å². The van der Waals surface area contributed by atoms with Crippen LogP contribution >= 0.6 is 0 Å². The molecule has 1 aliphatic carbocycles. The Hall–Kier alpha value is -0.340. The van der Waals surface area contributed by atoms with Crippen LogP contribution in [0.4, 0.5) is 0 Å². The van der Waals surface area contributed by atoms with Crippen molar-refractivity contribution in [3.8, 4) is 0 Å². The van der Waals surface area contributed by atoms with Gasteiger partial charge in [-0.1, -0.05) is 24.5 Å². The van der Waals surface area contributed by atoms with Crippen molar-refractivity contribution in [2.45, 2.75) is 45.1 Å². The fraction of sp³-hybridized carbons (Fsp3) is 0.818. The van der Waals surface area contributed by atoms with Gasteiger partial charge in [0.25, 0.3) is 0 Å². The zero-order chi connectivity index (χ0) is 9.73. The minimum absolute atomic E-state index is 0.407. The lowest BCUT2D eigenvalue weighted by Crippen LogP contribution is -2.38. The quantitative estimate of drug-likeness (QED) is 0.515. The fourth-order valence-electron chi connectivity index (χ4n) is 1.79. The maximum atomic E-state index is 9.97. The molecule has 1 saturated carbocycles. The second kappa shape index (κ2) is 4.77. The van der Waals surface area contributed by atoms with Crippen LogP contribution in [0.15, 0.2) is 11.6 Å². The van der Waals surface area contributed by atoms with Crippen LogP contribution in [0.3, 0.4) is 0 Å². The highest BCUT2D eigenvalue weighted by atomic mass is 16.3. The molecule has 0 amide bonds. The summed E-state index contributed by atoms with van der Waals surface area (Å²) in [4.78, 5) is 0. The predicted molar refractivity (Wildman–Crippen MR) is 55.7 cm³/mol. The molecule has 1 aliphatic rings. The summed E-state index contributed by atoms with van der Waals surface area (Å²) >= 11 is 0. The highest BCUT2D eigenvalue weighted by molar-refractivity contribution is 4.95. The number of nitrogens with one attached hydrogen (secondary N) is 1. The number of aliphatic hydroxyl groups is 1. The summed E-state index contributed by atoms with van der Waals surface area (Å²) in [5.74, 6) is 0. The van der Waals surface area contributed by atoms with Crippen molar-refractivity contribution >= 4 is 0 Å². The zero-order valence-electron chi connectivity index (χ0n) is 8.77. The van der Waals surface area contributed by atoms with Gasteiger partial charge in [0, 0.05) is 13.1 Å². The average molecular weight is 183 g/mol. The molecule has 2 nitrogen and oxygen atoms in total.